The van der Waals surface area contributed by atoms with Gasteiger partial charge in [0.15, 0.2) is 0 Å². The van der Waals surface area contributed by atoms with Gasteiger partial charge in [0.2, 0.25) is 0 Å². The number of phenolic OH excluding ortho intramolecular Hbond substituents is 1. The zero-order chi connectivity index (χ0) is 25.3. The van der Waals surface area contributed by atoms with E-state index in [1.165, 1.54) is 17.0 Å². The minimum atomic E-state index is -0.997. The molecule has 0 aromatic heterocycles. The van der Waals surface area contributed by atoms with E-state index in [-0.39, 0.29) is 22.1 Å². The second-order valence-electron chi connectivity index (χ2n) is 8.19. The number of aliphatic hydroxyl groups is 1. The first-order valence-corrected chi connectivity index (χ1v) is 11.8. The predicted molar refractivity (Wildman–Crippen MR) is 136 cm³/mol. The Labute approximate surface area is 213 Å². The van der Waals surface area contributed by atoms with Crippen molar-refractivity contribution in [1.29, 1.82) is 0 Å². The molecule has 35 heavy (non-hydrogen) atoms. The zero-order valence-corrected chi connectivity index (χ0v) is 20.6. The number of hydrogen-bond donors (Lipinski definition) is 2. The van der Waals surface area contributed by atoms with Crippen molar-refractivity contribution in [2.24, 2.45) is 0 Å². The third kappa shape index (κ3) is 4.72. The summed E-state index contributed by atoms with van der Waals surface area (Å²) in [5.41, 5.74) is 1.86. The van der Waals surface area contributed by atoms with Gasteiger partial charge >= 0.3 is 0 Å². The largest absolute Gasteiger partial charge is 0.507 e. The number of aryl methyl sites for hydroxylation is 1. The number of anilines is 1. The molecular formula is C27H23Cl2NO5. The van der Waals surface area contributed by atoms with Gasteiger partial charge < -0.3 is 14.9 Å². The molecule has 2 N–H and O–H groups in total. The number of carbonyl (C=O) groups excluding carboxylic acids is 2. The first-order valence-electron chi connectivity index (χ1n) is 11.0. The number of aromatic hydroxyl groups is 1. The molecule has 0 bridgehead atoms. The van der Waals surface area contributed by atoms with Crippen molar-refractivity contribution in [1.82, 2.24) is 0 Å². The maximum absolute atomic E-state index is 13.3. The van der Waals surface area contributed by atoms with Crippen molar-refractivity contribution >= 4 is 46.3 Å². The fourth-order valence-electron chi connectivity index (χ4n) is 4.06. The summed E-state index contributed by atoms with van der Waals surface area (Å²) in [4.78, 5) is 27.8. The van der Waals surface area contributed by atoms with Crippen LogP contribution in [-0.4, -0.2) is 28.5 Å². The Bertz CT molecular complexity index is 1350. The fraction of sp³-hybridized carbons (Fsp3) is 0.185. The number of benzene rings is 3. The van der Waals surface area contributed by atoms with Crippen LogP contribution in [0.1, 0.15) is 36.1 Å². The van der Waals surface area contributed by atoms with Crippen LogP contribution in [-0.2, 0) is 9.59 Å². The van der Waals surface area contributed by atoms with Crippen LogP contribution in [0.5, 0.6) is 11.5 Å². The number of phenols is 1. The number of aliphatic hydroxyl groups excluding tert-OH is 1. The van der Waals surface area contributed by atoms with Crippen LogP contribution in [0.3, 0.4) is 0 Å². The summed E-state index contributed by atoms with van der Waals surface area (Å²) >= 11 is 12.3. The highest BCUT2D eigenvalue weighted by atomic mass is 35.5. The lowest BCUT2D eigenvalue weighted by atomic mass is 9.94. The normalized spacial score (nSPS) is 17.1. The van der Waals surface area contributed by atoms with E-state index in [1.807, 2.05) is 13.8 Å². The number of hydrogen-bond acceptors (Lipinski definition) is 5. The number of rotatable bonds is 6. The van der Waals surface area contributed by atoms with E-state index in [1.54, 1.807) is 48.5 Å². The van der Waals surface area contributed by atoms with Crippen LogP contribution in [0.25, 0.3) is 5.76 Å². The van der Waals surface area contributed by atoms with Gasteiger partial charge in [0.05, 0.1) is 23.2 Å². The molecule has 0 spiro atoms. The molecule has 4 rings (SSSR count). The van der Waals surface area contributed by atoms with Gasteiger partial charge in [0.1, 0.15) is 17.3 Å². The molecule has 0 radical (unpaired) electrons. The van der Waals surface area contributed by atoms with Gasteiger partial charge in [0, 0.05) is 16.3 Å². The minimum absolute atomic E-state index is 0.0486. The lowest BCUT2D eigenvalue weighted by Crippen LogP contribution is -2.29. The smallest absolute Gasteiger partial charge is 0.300 e. The molecule has 0 aliphatic carbocycles. The maximum Gasteiger partial charge on any atom is 0.300 e. The minimum Gasteiger partial charge on any atom is -0.507 e. The van der Waals surface area contributed by atoms with Crippen LogP contribution in [0.15, 0.2) is 66.2 Å². The number of Topliss-reactive ketones (excluding diaryl/α,β-unsaturated/α-hetero) is 1. The molecule has 180 valence electrons. The molecule has 1 fully saturated rings. The molecule has 1 heterocycles. The van der Waals surface area contributed by atoms with Crippen molar-refractivity contribution < 1.29 is 24.5 Å². The summed E-state index contributed by atoms with van der Waals surface area (Å²) < 4.78 is 5.71. The van der Waals surface area contributed by atoms with E-state index in [0.717, 1.165) is 12.0 Å². The van der Waals surface area contributed by atoms with Crippen molar-refractivity contribution in [2.75, 3.05) is 11.5 Å². The highest BCUT2D eigenvalue weighted by Crippen LogP contribution is 2.44. The SMILES string of the molecule is CCCOc1ccc(/C(O)=C2/C(=O)C(=O)N(c3cccc(Cl)c3)C2c2ccc(O)c(Cl)c2)cc1C. The van der Waals surface area contributed by atoms with Gasteiger partial charge in [-0.3, -0.25) is 14.5 Å². The molecule has 1 unspecified atom stereocenters. The summed E-state index contributed by atoms with van der Waals surface area (Å²) in [6.45, 7) is 4.39. The van der Waals surface area contributed by atoms with Crippen molar-refractivity contribution in [2.45, 2.75) is 26.3 Å². The Balaban J connectivity index is 1.90. The maximum atomic E-state index is 13.3. The van der Waals surface area contributed by atoms with Crippen LogP contribution < -0.4 is 9.64 Å². The molecule has 1 aliphatic rings. The number of halogens is 2. The Morgan fingerprint density at radius 1 is 1.06 bits per heavy atom. The number of nitrogens with zero attached hydrogens (tertiary/aromatic N) is 1. The van der Waals surface area contributed by atoms with Gasteiger partial charge in [0.25, 0.3) is 11.7 Å². The Hall–Kier alpha value is -3.48. The van der Waals surface area contributed by atoms with Gasteiger partial charge in [-0.2, -0.15) is 0 Å². The first-order chi connectivity index (χ1) is 16.7. The quantitative estimate of drug-likeness (QED) is 0.226. The average molecular weight is 512 g/mol. The van der Waals surface area contributed by atoms with E-state index in [2.05, 4.69) is 0 Å². The molecule has 1 saturated heterocycles. The second kappa shape index (κ2) is 10.0. The van der Waals surface area contributed by atoms with E-state index >= 15 is 0 Å². The number of ketones is 1. The van der Waals surface area contributed by atoms with E-state index in [0.29, 0.717) is 34.2 Å². The second-order valence-corrected chi connectivity index (χ2v) is 9.03. The molecular weight excluding hydrogens is 489 g/mol. The van der Waals surface area contributed by atoms with E-state index in [4.69, 9.17) is 27.9 Å². The lowest BCUT2D eigenvalue weighted by Gasteiger charge is -2.26. The number of ether oxygens (including phenoxy) is 1. The molecule has 6 nitrogen and oxygen atoms in total. The summed E-state index contributed by atoms with van der Waals surface area (Å²) in [5, 5.41) is 21.6. The third-order valence-corrected chi connectivity index (χ3v) is 6.27. The highest BCUT2D eigenvalue weighted by molar-refractivity contribution is 6.52. The van der Waals surface area contributed by atoms with Crippen molar-refractivity contribution in [3.8, 4) is 11.5 Å². The first kappa shape index (κ1) is 24.6. The van der Waals surface area contributed by atoms with Gasteiger partial charge in [-0.25, -0.2) is 0 Å². The van der Waals surface area contributed by atoms with Crippen LogP contribution in [0, 0.1) is 6.92 Å². The molecule has 0 saturated carbocycles. The Morgan fingerprint density at radius 2 is 1.83 bits per heavy atom. The average Bonchev–Trinajstić information content (AvgIpc) is 3.10. The Kier molecular flexibility index (Phi) is 7.05. The fourth-order valence-corrected chi connectivity index (χ4v) is 4.43. The zero-order valence-electron chi connectivity index (χ0n) is 19.1. The molecule has 1 atom stereocenters. The van der Waals surface area contributed by atoms with Gasteiger partial charge in [-0.05, 0) is 73.0 Å². The molecule has 3 aromatic rings. The highest BCUT2D eigenvalue weighted by Gasteiger charge is 2.47. The number of carbonyl (C=O) groups is 2. The standard InChI is InChI=1S/C27H23Cl2NO5/c1-3-11-35-22-10-8-17(12-15(22)2)25(32)23-24(16-7-9-21(31)20(29)13-16)30(27(34)26(23)33)19-6-4-5-18(28)14-19/h4-10,12-14,24,31-32H,3,11H2,1-2H3/b25-23-. The van der Waals surface area contributed by atoms with Gasteiger partial charge in [-0.15, -0.1) is 0 Å². The molecule has 1 amide bonds. The summed E-state index contributed by atoms with van der Waals surface area (Å²) in [5.74, 6) is -1.46. The topological polar surface area (TPSA) is 87.1 Å². The molecule has 8 heteroatoms. The third-order valence-electron chi connectivity index (χ3n) is 5.73. The number of amides is 1. The predicted octanol–water partition coefficient (Wildman–Crippen LogP) is 6.42. The van der Waals surface area contributed by atoms with Crippen LogP contribution in [0.4, 0.5) is 5.69 Å². The summed E-state index contributed by atoms with van der Waals surface area (Å²) in [7, 11) is 0. The lowest BCUT2D eigenvalue weighted by molar-refractivity contribution is -0.132. The van der Waals surface area contributed by atoms with Crippen molar-refractivity contribution in [3.63, 3.8) is 0 Å². The summed E-state index contributed by atoms with van der Waals surface area (Å²) in [6.07, 6.45) is 0.851. The van der Waals surface area contributed by atoms with Gasteiger partial charge in [-0.1, -0.05) is 42.3 Å². The summed E-state index contributed by atoms with van der Waals surface area (Å²) in [6, 6.07) is 15.0. The van der Waals surface area contributed by atoms with Crippen molar-refractivity contribution in [3.05, 3.63) is 93.0 Å². The monoisotopic (exact) mass is 511 g/mol. The molecule has 3 aromatic carbocycles. The Morgan fingerprint density at radius 3 is 2.49 bits per heavy atom. The van der Waals surface area contributed by atoms with Crippen LogP contribution >= 0.6 is 23.2 Å². The van der Waals surface area contributed by atoms with E-state index < -0.39 is 17.7 Å². The molecule has 1 aliphatic heterocycles. The van der Waals surface area contributed by atoms with Crippen LogP contribution in [0.2, 0.25) is 10.0 Å². The van der Waals surface area contributed by atoms with E-state index in [9.17, 15) is 19.8 Å².